The van der Waals surface area contributed by atoms with Crippen LogP contribution >= 0.6 is 0 Å². The van der Waals surface area contributed by atoms with E-state index in [1.54, 1.807) is 12.3 Å². The van der Waals surface area contributed by atoms with Crippen molar-refractivity contribution >= 4 is 16.7 Å². The molecule has 3 aromatic rings. The van der Waals surface area contributed by atoms with E-state index in [9.17, 15) is 4.39 Å². The summed E-state index contributed by atoms with van der Waals surface area (Å²) in [6, 6.07) is 8.59. The third-order valence-electron chi connectivity index (χ3n) is 2.93. The highest BCUT2D eigenvalue weighted by Gasteiger charge is 2.12. The lowest BCUT2D eigenvalue weighted by atomic mass is 10.2. The second-order valence-corrected chi connectivity index (χ2v) is 4.27. The highest BCUT2D eigenvalue weighted by molar-refractivity contribution is 5.89. The van der Waals surface area contributed by atoms with Crippen molar-refractivity contribution in [3.8, 4) is 0 Å². The van der Waals surface area contributed by atoms with Crippen molar-refractivity contribution in [2.45, 2.75) is 6.54 Å². The fourth-order valence-corrected chi connectivity index (χ4v) is 2.05. The SMILES string of the molecule is CN(Cc1ccco1)c1ncnc2c(F)cccc12. The number of anilines is 1. The molecule has 96 valence electrons. The average molecular weight is 257 g/mol. The molecule has 0 N–H and O–H groups in total. The van der Waals surface area contributed by atoms with Crippen LogP contribution in [-0.4, -0.2) is 17.0 Å². The highest BCUT2D eigenvalue weighted by atomic mass is 19.1. The first-order chi connectivity index (χ1) is 9.25. The maximum Gasteiger partial charge on any atom is 0.149 e. The predicted molar refractivity (Wildman–Crippen MR) is 70.3 cm³/mol. The van der Waals surface area contributed by atoms with Gasteiger partial charge in [-0.25, -0.2) is 14.4 Å². The zero-order chi connectivity index (χ0) is 13.2. The van der Waals surface area contributed by atoms with E-state index in [0.29, 0.717) is 23.3 Å². The summed E-state index contributed by atoms with van der Waals surface area (Å²) in [7, 11) is 1.88. The Morgan fingerprint density at radius 2 is 2.11 bits per heavy atom. The number of rotatable bonds is 3. The third-order valence-corrected chi connectivity index (χ3v) is 2.93. The maximum atomic E-state index is 13.7. The third kappa shape index (κ3) is 2.14. The van der Waals surface area contributed by atoms with Crippen LogP contribution in [0.5, 0.6) is 0 Å². The quantitative estimate of drug-likeness (QED) is 0.723. The van der Waals surface area contributed by atoms with Crippen LogP contribution in [-0.2, 0) is 6.54 Å². The smallest absolute Gasteiger partial charge is 0.149 e. The first-order valence-electron chi connectivity index (χ1n) is 5.88. The van der Waals surface area contributed by atoms with Crippen LogP contribution in [0.2, 0.25) is 0 Å². The molecule has 1 aromatic carbocycles. The van der Waals surface area contributed by atoms with Gasteiger partial charge in [0.15, 0.2) is 0 Å². The van der Waals surface area contributed by atoms with Gasteiger partial charge in [-0.2, -0.15) is 0 Å². The van der Waals surface area contributed by atoms with Gasteiger partial charge in [0.2, 0.25) is 0 Å². The van der Waals surface area contributed by atoms with Crippen LogP contribution in [0.4, 0.5) is 10.2 Å². The van der Waals surface area contributed by atoms with Gasteiger partial charge in [-0.15, -0.1) is 0 Å². The van der Waals surface area contributed by atoms with Gasteiger partial charge in [-0.3, -0.25) is 0 Å². The molecule has 4 nitrogen and oxygen atoms in total. The molecule has 3 rings (SSSR count). The Kier molecular flexibility index (Phi) is 2.87. The van der Waals surface area contributed by atoms with Crippen LogP contribution in [0.1, 0.15) is 5.76 Å². The van der Waals surface area contributed by atoms with E-state index in [0.717, 1.165) is 5.76 Å². The number of para-hydroxylation sites is 1. The lowest BCUT2D eigenvalue weighted by molar-refractivity contribution is 0.507. The zero-order valence-corrected chi connectivity index (χ0v) is 10.4. The fraction of sp³-hybridized carbons (Fsp3) is 0.143. The lowest BCUT2D eigenvalue weighted by Crippen LogP contribution is -2.17. The lowest BCUT2D eigenvalue weighted by Gasteiger charge is -2.18. The Hall–Kier alpha value is -2.43. The fourth-order valence-electron chi connectivity index (χ4n) is 2.05. The molecule has 0 aliphatic heterocycles. The van der Waals surface area contributed by atoms with E-state index in [1.165, 1.54) is 12.4 Å². The number of halogens is 1. The van der Waals surface area contributed by atoms with Gasteiger partial charge >= 0.3 is 0 Å². The van der Waals surface area contributed by atoms with Gasteiger partial charge in [-0.05, 0) is 24.3 Å². The molecule has 0 aliphatic rings. The zero-order valence-electron chi connectivity index (χ0n) is 10.4. The van der Waals surface area contributed by atoms with Gasteiger partial charge in [-0.1, -0.05) is 6.07 Å². The minimum Gasteiger partial charge on any atom is -0.467 e. The van der Waals surface area contributed by atoms with Crippen LogP contribution in [0.3, 0.4) is 0 Å². The van der Waals surface area contributed by atoms with Crippen LogP contribution in [0.15, 0.2) is 47.3 Å². The van der Waals surface area contributed by atoms with E-state index in [2.05, 4.69) is 9.97 Å². The Bertz CT molecular complexity index is 697. The van der Waals surface area contributed by atoms with E-state index in [-0.39, 0.29) is 5.82 Å². The van der Waals surface area contributed by atoms with Gasteiger partial charge < -0.3 is 9.32 Å². The standard InChI is InChI=1S/C14H12FN3O/c1-18(8-10-4-3-7-19-10)14-11-5-2-6-12(15)13(11)16-9-17-14/h2-7,9H,8H2,1H3. The Morgan fingerprint density at radius 3 is 2.89 bits per heavy atom. The maximum absolute atomic E-state index is 13.7. The summed E-state index contributed by atoms with van der Waals surface area (Å²) in [6.45, 7) is 0.565. The summed E-state index contributed by atoms with van der Waals surface area (Å²) in [5.74, 6) is 1.17. The van der Waals surface area contributed by atoms with Crippen molar-refractivity contribution in [2.75, 3.05) is 11.9 Å². The van der Waals surface area contributed by atoms with Gasteiger partial charge in [0.25, 0.3) is 0 Å². The number of fused-ring (bicyclic) bond motifs is 1. The molecule has 0 unspecified atom stereocenters. The molecule has 0 fully saturated rings. The first-order valence-corrected chi connectivity index (χ1v) is 5.88. The molecule has 2 heterocycles. The number of furan rings is 1. The second-order valence-electron chi connectivity index (χ2n) is 4.27. The van der Waals surface area contributed by atoms with Gasteiger partial charge in [0.05, 0.1) is 12.8 Å². The summed E-state index contributed by atoms with van der Waals surface area (Å²) in [6.07, 6.45) is 3.00. The molecule has 0 saturated heterocycles. The molecule has 2 aromatic heterocycles. The summed E-state index contributed by atoms with van der Waals surface area (Å²) < 4.78 is 19.0. The van der Waals surface area contributed by atoms with Crippen molar-refractivity contribution in [1.29, 1.82) is 0 Å². The molecule has 0 amide bonds. The van der Waals surface area contributed by atoms with Crippen LogP contribution < -0.4 is 4.90 Å². The number of hydrogen-bond acceptors (Lipinski definition) is 4. The Balaban J connectivity index is 2.02. The van der Waals surface area contributed by atoms with E-state index in [4.69, 9.17) is 4.42 Å². The van der Waals surface area contributed by atoms with E-state index < -0.39 is 0 Å². The number of hydrogen-bond donors (Lipinski definition) is 0. The minimum absolute atomic E-state index is 0.332. The molecule has 0 saturated carbocycles. The normalized spacial score (nSPS) is 10.8. The predicted octanol–water partition coefficient (Wildman–Crippen LogP) is 3.00. The Labute approximate surface area is 109 Å². The molecule has 0 spiro atoms. The van der Waals surface area contributed by atoms with Crippen molar-refractivity contribution in [3.63, 3.8) is 0 Å². The number of aromatic nitrogens is 2. The molecule has 19 heavy (non-hydrogen) atoms. The summed E-state index contributed by atoms with van der Waals surface area (Å²) in [5, 5.41) is 0.691. The van der Waals surface area contributed by atoms with Crippen molar-refractivity contribution < 1.29 is 8.81 Å². The summed E-state index contributed by atoms with van der Waals surface area (Å²) in [5.41, 5.74) is 0.332. The van der Waals surface area contributed by atoms with Crippen LogP contribution in [0.25, 0.3) is 10.9 Å². The van der Waals surface area contributed by atoms with E-state index in [1.807, 2.05) is 30.1 Å². The monoisotopic (exact) mass is 257 g/mol. The van der Waals surface area contributed by atoms with Crippen molar-refractivity contribution in [2.24, 2.45) is 0 Å². The first kappa shape index (κ1) is 11.6. The number of benzene rings is 1. The molecule has 0 aliphatic carbocycles. The number of nitrogens with zero attached hydrogens (tertiary/aromatic N) is 3. The summed E-state index contributed by atoms with van der Waals surface area (Å²) >= 11 is 0. The minimum atomic E-state index is -0.340. The largest absolute Gasteiger partial charge is 0.467 e. The topological polar surface area (TPSA) is 42.2 Å². The van der Waals surface area contributed by atoms with Crippen molar-refractivity contribution in [1.82, 2.24) is 9.97 Å². The van der Waals surface area contributed by atoms with Gasteiger partial charge in [0.1, 0.15) is 29.2 Å². The highest BCUT2D eigenvalue weighted by Crippen LogP contribution is 2.24. The Morgan fingerprint density at radius 1 is 1.21 bits per heavy atom. The average Bonchev–Trinajstić information content (AvgIpc) is 2.91. The molecule has 0 bridgehead atoms. The van der Waals surface area contributed by atoms with Gasteiger partial charge in [0, 0.05) is 12.4 Å². The second kappa shape index (κ2) is 4.68. The summed E-state index contributed by atoms with van der Waals surface area (Å²) in [4.78, 5) is 10.1. The van der Waals surface area contributed by atoms with E-state index >= 15 is 0 Å². The van der Waals surface area contributed by atoms with Crippen molar-refractivity contribution in [3.05, 3.63) is 54.5 Å². The molecular weight excluding hydrogens is 245 g/mol. The molecular formula is C14H12FN3O. The molecule has 5 heteroatoms. The molecule has 0 atom stereocenters. The van der Waals surface area contributed by atoms with Crippen LogP contribution in [0, 0.1) is 5.82 Å². The molecule has 0 radical (unpaired) electrons.